The van der Waals surface area contributed by atoms with Gasteiger partial charge in [-0.3, -0.25) is 0 Å². The summed E-state index contributed by atoms with van der Waals surface area (Å²) in [4.78, 5) is 8.53. The minimum atomic E-state index is 0.530. The second kappa shape index (κ2) is 5.39. The summed E-state index contributed by atoms with van der Waals surface area (Å²) in [5.41, 5.74) is 0. The molecular weight excluding hydrogens is 250 g/mol. The molecule has 1 saturated heterocycles. The minimum absolute atomic E-state index is 0.530. The maximum Gasteiger partial charge on any atom is 0.189 e. The molecule has 2 heterocycles. The molecule has 1 atom stereocenters. The van der Waals surface area contributed by atoms with Gasteiger partial charge in [0.15, 0.2) is 5.16 Å². The average molecular weight is 262 g/mol. The molecule has 1 N–H and O–H groups in total. The van der Waals surface area contributed by atoms with Crippen LogP contribution in [0.2, 0.25) is 5.15 Å². The molecule has 0 spiro atoms. The largest absolute Gasteiger partial charge is 0.316 e. The van der Waals surface area contributed by atoms with E-state index in [0.717, 1.165) is 23.3 Å². The van der Waals surface area contributed by atoms with E-state index in [0.29, 0.717) is 10.4 Å². The smallest absolute Gasteiger partial charge is 0.189 e. The van der Waals surface area contributed by atoms with Gasteiger partial charge in [-0.15, -0.1) is 11.8 Å². The zero-order valence-electron chi connectivity index (χ0n) is 8.36. The van der Waals surface area contributed by atoms with Crippen LogP contribution in [0.5, 0.6) is 0 Å². The van der Waals surface area contributed by atoms with Crippen molar-refractivity contribution in [1.82, 2.24) is 15.3 Å². The number of nitrogens with zero attached hydrogens (tertiary/aromatic N) is 2. The molecular formula is C9H12ClN3S2. The third-order valence-electron chi connectivity index (χ3n) is 2.14. The molecule has 1 aliphatic rings. The van der Waals surface area contributed by atoms with Crippen LogP contribution in [0, 0.1) is 0 Å². The van der Waals surface area contributed by atoms with E-state index >= 15 is 0 Å². The van der Waals surface area contributed by atoms with E-state index in [4.69, 9.17) is 11.6 Å². The Morgan fingerprint density at radius 3 is 3.07 bits per heavy atom. The van der Waals surface area contributed by atoms with Crippen molar-refractivity contribution < 1.29 is 0 Å². The zero-order chi connectivity index (χ0) is 10.7. The van der Waals surface area contributed by atoms with E-state index in [-0.39, 0.29) is 0 Å². The highest BCUT2D eigenvalue weighted by Crippen LogP contribution is 2.28. The van der Waals surface area contributed by atoms with Crippen LogP contribution in [0.3, 0.4) is 0 Å². The van der Waals surface area contributed by atoms with E-state index in [1.165, 1.54) is 18.2 Å². The second-order valence-corrected chi connectivity index (χ2v) is 5.73. The van der Waals surface area contributed by atoms with Crippen LogP contribution < -0.4 is 5.32 Å². The molecule has 15 heavy (non-hydrogen) atoms. The normalized spacial score (nSPS) is 20.8. The van der Waals surface area contributed by atoms with Crippen molar-refractivity contribution in [1.29, 1.82) is 0 Å². The molecule has 1 aromatic rings. The van der Waals surface area contributed by atoms with Crippen molar-refractivity contribution >= 4 is 35.1 Å². The van der Waals surface area contributed by atoms with Crippen molar-refractivity contribution in [3.63, 3.8) is 0 Å². The van der Waals surface area contributed by atoms with Crippen LogP contribution in [0.1, 0.15) is 6.42 Å². The van der Waals surface area contributed by atoms with Gasteiger partial charge in [0, 0.05) is 17.9 Å². The Balaban J connectivity index is 2.09. The molecule has 0 saturated carbocycles. The van der Waals surface area contributed by atoms with Crippen LogP contribution in [0.15, 0.2) is 16.2 Å². The zero-order valence-corrected chi connectivity index (χ0v) is 10.8. The highest BCUT2D eigenvalue weighted by atomic mass is 35.5. The lowest BCUT2D eigenvalue weighted by Crippen LogP contribution is -2.10. The van der Waals surface area contributed by atoms with Crippen molar-refractivity contribution in [2.75, 3.05) is 19.3 Å². The maximum atomic E-state index is 5.92. The lowest BCUT2D eigenvalue weighted by atomic mass is 10.4. The molecule has 0 unspecified atom stereocenters. The first-order valence-electron chi connectivity index (χ1n) is 4.74. The Hall–Kier alpha value is 0.0300. The highest BCUT2D eigenvalue weighted by molar-refractivity contribution is 8.00. The molecule has 1 aromatic heterocycles. The Morgan fingerprint density at radius 2 is 2.40 bits per heavy atom. The molecule has 1 aliphatic heterocycles. The van der Waals surface area contributed by atoms with Crippen molar-refractivity contribution in [3.05, 3.63) is 11.2 Å². The van der Waals surface area contributed by atoms with Crippen LogP contribution in [-0.2, 0) is 0 Å². The van der Waals surface area contributed by atoms with Gasteiger partial charge in [-0.25, -0.2) is 9.97 Å². The van der Waals surface area contributed by atoms with E-state index in [2.05, 4.69) is 15.3 Å². The third-order valence-corrected chi connectivity index (χ3v) is 4.06. The molecule has 2 rings (SSSR count). The van der Waals surface area contributed by atoms with E-state index in [1.54, 1.807) is 11.8 Å². The molecule has 0 bridgehead atoms. The van der Waals surface area contributed by atoms with Gasteiger partial charge in [-0.05, 0) is 19.2 Å². The van der Waals surface area contributed by atoms with E-state index in [1.807, 2.05) is 12.3 Å². The standard InChI is InChI=1S/C9H12ClN3S2/c1-14-9-12-7(10)4-8(13-9)15-6-2-3-11-5-6/h4,6,11H,2-3,5H2,1H3/t6-/m1/s1. The second-order valence-electron chi connectivity index (χ2n) is 3.25. The van der Waals surface area contributed by atoms with Gasteiger partial charge < -0.3 is 5.32 Å². The summed E-state index contributed by atoms with van der Waals surface area (Å²) in [5.74, 6) is 0. The van der Waals surface area contributed by atoms with Gasteiger partial charge in [-0.1, -0.05) is 23.4 Å². The molecule has 0 amide bonds. The summed E-state index contributed by atoms with van der Waals surface area (Å²) in [6, 6.07) is 1.84. The van der Waals surface area contributed by atoms with Gasteiger partial charge in [0.2, 0.25) is 0 Å². The lowest BCUT2D eigenvalue weighted by Gasteiger charge is -2.07. The summed E-state index contributed by atoms with van der Waals surface area (Å²) in [6.07, 6.45) is 3.15. The molecule has 82 valence electrons. The summed E-state index contributed by atoms with van der Waals surface area (Å²) >= 11 is 9.22. The molecule has 6 heteroatoms. The number of hydrogen-bond acceptors (Lipinski definition) is 5. The molecule has 3 nitrogen and oxygen atoms in total. The summed E-state index contributed by atoms with van der Waals surface area (Å²) < 4.78 is 0. The van der Waals surface area contributed by atoms with Gasteiger partial charge >= 0.3 is 0 Å². The fourth-order valence-corrected chi connectivity index (χ4v) is 3.26. The van der Waals surface area contributed by atoms with Crippen molar-refractivity contribution in [3.8, 4) is 0 Å². The number of halogens is 1. The molecule has 0 aliphatic carbocycles. The fraction of sp³-hybridized carbons (Fsp3) is 0.556. The molecule has 0 radical (unpaired) electrons. The lowest BCUT2D eigenvalue weighted by molar-refractivity contribution is 0.857. The maximum absolute atomic E-state index is 5.92. The predicted molar refractivity (Wildman–Crippen MR) is 66.0 cm³/mol. The van der Waals surface area contributed by atoms with Crippen molar-refractivity contribution in [2.45, 2.75) is 21.9 Å². The number of rotatable bonds is 3. The van der Waals surface area contributed by atoms with Crippen LogP contribution in [-0.4, -0.2) is 34.6 Å². The summed E-state index contributed by atoms with van der Waals surface area (Å²) in [5, 5.41) is 6.21. The topological polar surface area (TPSA) is 37.8 Å². The Kier molecular flexibility index (Phi) is 4.13. The molecule has 0 aromatic carbocycles. The van der Waals surface area contributed by atoms with Crippen LogP contribution in [0.25, 0.3) is 0 Å². The first kappa shape index (κ1) is 11.5. The van der Waals surface area contributed by atoms with Crippen LogP contribution in [0.4, 0.5) is 0 Å². The monoisotopic (exact) mass is 261 g/mol. The van der Waals surface area contributed by atoms with E-state index < -0.39 is 0 Å². The van der Waals surface area contributed by atoms with Gasteiger partial charge in [-0.2, -0.15) is 0 Å². The first-order valence-corrected chi connectivity index (χ1v) is 7.22. The predicted octanol–water partition coefficient (Wildman–Crippen LogP) is 2.31. The minimum Gasteiger partial charge on any atom is -0.316 e. The summed E-state index contributed by atoms with van der Waals surface area (Å²) in [7, 11) is 0. The Labute approximate surface area is 103 Å². The van der Waals surface area contributed by atoms with Gasteiger partial charge in [0.1, 0.15) is 10.2 Å². The van der Waals surface area contributed by atoms with Gasteiger partial charge in [0.25, 0.3) is 0 Å². The Bertz CT molecular complexity index is 342. The quantitative estimate of drug-likeness (QED) is 0.514. The number of nitrogens with one attached hydrogen (secondary N) is 1. The highest BCUT2D eigenvalue weighted by Gasteiger charge is 2.16. The Morgan fingerprint density at radius 1 is 1.53 bits per heavy atom. The average Bonchev–Trinajstić information content (AvgIpc) is 2.69. The fourth-order valence-electron chi connectivity index (χ4n) is 1.43. The third kappa shape index (κ3) is 3.24. The number of thioether (sulfide) groups is 2. The van der Waals surface area contributed by atoms with Crippen molar-refractivity contribution in [2.24, 2.45) is 0 Å². The first-order chi connectivity index (χ1) is 7.28. The van der Waals surface area contributed by atoms with E-state index in [9.17, 15) is 0 Å². The number of aromatic nitrogens is 2. The molecule has 1 fully saturated rings. The SMILES string of the molecule is CSc1nc(Cl)cc(S[C@@H]2CCNC2)n1. The number of hydrogen-bond donors (Lipinski definition) is 1. The summed E-state index contributed by atoms with van der Waals surface area (Å²) in [6.45, 7) is 2.16. The van der Waals surface area contributed by atoms with Crippen LogP contribution >= 0.6 is 35.1 Å². The van der Waals surface area contributed by atoms with Gasteiger partial charge in [0.05, 0.1) is 0 Å².